The van der Waals surface area contributed by atoms with Gasteiger partial charge in [0.05, 0.1) is 5.69 Å². The van der Waals surface area contributed by atoms with Crippen molar-refractivity contribution in [3.8, 4) is 11.5 Å². The van der Waals surface area contributed by atoms with Gasteiger partial charge in [0.25, 0.3) is 0 Å². The van der Waals surface area contributed by atoms with Crippen molar-refractivity contribution in [1.29, 1.82) is 0 Å². The Morgan fingerprint density at radius 2 is 1.34 bits per heavy atom. The second-order valence-corrected chi connectivity index (χ2v) is 10.7. The fraction of sp³-hybridized carbons (Fsp3) is 0.219. The average molecular weight is 480 g/mol. The molecule has 4 aromatic rings. The standard InChI is InChI=1S/C32H34NOP/c1-22(2)26-16-12-17-27(23(3)4)28(26)21-33-29-18-9-10-20-31(29)35-32-24(5)13-11-19-30(32)34-25-14-7-6-8-15-25/h6-23,35H,1-5H3. The van der Waals surface area contributed by atoms with E-state index in [0.29, 0.717) is 20.4 Å². The lowest BCUT2D eigenvalue weighted by atomic mass is 9.89. The van der Waals surface area contributed by atoms with E-state index in [0.717, 1.165) is 17.2 Å². The largest absolute Gasteiger partial charge is 0.457 e. The first-order chi connectivity index (χ1) is 16.9. The third-order valence-corrected chi connectivity index (χ3v) is 7.70. The maximum absolute atomic E-state index is 6.28. The summed E-state index contributed by atoms with van der Waals surface area (Å²) in [4.78, 5) is 5.04. The minimum Gasteiger partial charge on any atom is -0.457 e. The van der Waals surface area contributed by atoms with Crippen LogP contribution in [0.2, 0.25) is 0 Å². The van der Waals surface area contributed by atoms with Crippen molar-refractivity contribution in [1.82, 2.24) is 0 Å². The molecule has 0 N–H and O–H groups in total. The molecule has 0 bridgehead atoms. The maximum atomic E-state index is 6.28. The highest BCUT2D eigenvalue weighted by atomic mass is 31.1. The molecule has 0 aliphatic heterocycles. The van der Waals surface area contributed by atoms with Crippen molar-refractivity contribution in [3.05, 3.63) is 113 Å². The van der Waals surface area contributed by atoms with Crippen LogP contribution < -0.4 is 15.3 Å². The summed E-state index contributed by atoms with van der Waals surface area (Å²) < 4.78 is 6.28. The molecule has 3 heteroatoms. The Morgan fingerprint density at radius 1 is 0.714 bits per heavy atom. The van der Waals surface area contributed by atoms with E-state index in [2.05, 4.69) is 101 Å². The molecular formula is C32H34NOP. The van der Waals surface area contributed by atoms with E-state index in [4.69, 9.17) is 9.73 Å². The quantitative estimate of drug-likeness (QED) is 0.184. The third kappa shape index (κ3) is 6.08. The fourth-order valence-electron chi connectivity index (χ4n) is 4.22. The van der Waals surface area contributed by atoms with E-state index in [9.17, 15) is 0 Å². The molecule has 0 heterocycles. The number of benzene rings is 4. The zero-order valence-electron chi connectivity index (χ0n) is 21.2. The zero-order chi connectivity index (χ0) is 24.8. The summed E-state index contributed by atoms with van der Waals surface area (Å²) in [6, 6.07) is 31.3. The number of aryl methyl sites for hydroxylation is 1. The molecule has 0 amide bonds. The van der Waals surface area contributed by atoms with Gasteiger partial charge in [-0.3, -0.25) is 4.99 Å². The van der Waals surface area contributed by atoms with Crippen LogP contribution in [-0.4, -0.2) is 6.21 Å². The minimum atomic E-state index is 0.439. The summed E-state index contributed by atoms with van der Waals surface area (Å²) in [5, 5.41) is 2.42. The van der Waals surface area contributed by atoms with Crippen molar-refractivity contribution in [2.45, 2.75) is 46.5 Å². The number of hydrogen-bond donors (Lipinski definition) is 0. The van der Waals surface area contributed by atoms with E-state index >= 15 is 0 Å². The van der Waals surface area contributed by atoms with Gasteiger partial charge in [-0.1, -0.05) is 103 Å². The molecule has 0 aromatic heterocycles. The molecule has 0 aliphatic rings. The molecular weight excluding hydrogens is 445 g/mol. The van der Waals surface area contributed by atoms with E-state index in [1.807, 2.05) is 30.3 Å². The zero-order valence-corrected chi connectivity index (χ0v) is 22.2. The lowest BCUT2D eigenvalue weighted by Crippen LogP contribution is -2.10. The third-order valence-electron chi connectivity index (χ3n) is 6.12. The molecule has 4 rings (SSSR count). The normalized spacial score (nSPS) is 11.9. The Kier molecular flexibility index (Phi) is 8.16. The molecule has 1 atom stereocenters. The van der Waals surface area contributed by atoms with Gasteiger partial charge in [-0.25, -0.2) is 0 Å². The fourth-order valence-corrected chi connectivity index (χ4v) is 5.48. The van der Waals surface area contributed by atoms with Crippen LogP contribution in [0.5, 0.6) is 11.5 Å². The van der Waals surface area contributed by atoms with Gasteiger partial charge in [-0.05, 0) is 65.3 Å². The number of ether oxygens (including phenoxy) is 1. The van der Waals surface area contributed by atoms with Gasteiger partial charge >= 0.3 is 0 Å². The monoisotopic (exact) mass is 479 g/mol. The molecule has 0 radical (unpaired) electrons. The summed E-state index contributed by atoms with van der Waals surface area (Å²) in [6.07, 6.45) is 2.08. The number of hydrogen-bond acceptors (Lipinski definition) is 2. The average Bonchev–Trinajstić information content (AvgIpc) is 2.85. The van der Waals surface area contributed by atoms with Crippen molar-refractivity contribution < 1.29 is 4.74 Å². The van der Waals surface area contributed by atoms with Gasteiger partial charge in [0.1, 0.15) is 11.5 Å². The highest BCUT2D eigenvalue weighted by Crippen LogP contribution is 2.30. The summed E-state index contributed by atoms with van der Waals surface area (Å²) in [6.45, 7) is 11.1. The molecule has 0 saturated carbocycles. The van der Waals surface area contributed by atoms with Crippen LogP contribution >= 0.6 is 8.58 Å². The van der Waals surface area contributed by atoms with Crippen LogP contribution in [0.3, 0.4) is 0 Å². The van der Waals surface area contributed by atoms with Gasteiger partial charge in [0.15, 0.2) is 0 Å². The van der Waals surface area contributed by atoms with Gasteiger partial charge in [0, 0.05) is 16.8 Å². The number of nitrogens with zero attached hydrogens (tertiary/aromatic N) is 1. The van der Waals surface area contributed by atoms with Crippen molar-refractivity contribution in [2.24, 2.45) is 4.99 Å². The summed E-state index contributed by atoms with van der Waals surface area (Å²) in [5.74, 6) is 2.64. The van der Waals surface area contributed by atoms with Crippen LogP contribution in [0.1, 0.15) is 61.8 Å². The molecule has 0 aliphatic carbocycles. The number of rotatable bonds is 8. The predicted octanol–water partition coefficient (Wildman–Crippen LogP) is 8.41. The van der Waals surface area contributed by atoms with Gasteiger partial charge in [0.2, 0.25) is 0 Å². The van der Waals surface area contributed by atoms with Crippen molar-refractivity contribution >= 4 is 31.1 Å². The second kappa shape index (κ2) is 11.5. The van der Waals surface area contributed by atoms with Crippen LogP contribution in [0.4, 0.5) is 5.69 Å². The van der Waals surface area contributed by atoms with Crippen molar-refractivity contribution in [3.63, 3.8) is 0 Å². The highest BCUT2D eigenvalue weighted by molar-refractivity contribution is 7.56. The Balaban J connectivity index is 1.70. The van der Waals surface area contributed by atoms with Gasteiger partial charge in [-0.15, -0.1) is 0 Å². The molecule has 35 heavy (non-hydrogen) atoms. The molecule has 2 nitrogen and oxygen atoms in total. The molecule has 0 saturated heterocycles. The topological polar surface area (TPSA) is 21.6 Å². The smallest absolute Gasteiger partial charge is 0.135 e. The molecule has 0 fully saturated rings. The molecule has 4 aromatic carbocycles. The van der Waals surface area contributed by atoms with Crippen LogP contribution in [0.15, 0.2) is 96.0 Å². The Bertz CT molecular complexity index is 1280. The first-order valence-corrected chi connectivity index (χ1v) is 13.3. The van der Waals surface area contributed by atoms with E-state index in [1.54, 1.807) is 0 Å². The van der Waals surface area contributed by atoms with Gasteiger partial charge in [-0.2, -0.15) is 0 Å². The number of aliphatic imine (C=N–C) groups is 1. The Morgan fingerprint density at radius 3 is 2.03 bits per heavy atom. The summed E-state index contributed by atoms with van der Waals surface area (Å²) in [5.41, 5.74) is 6.17. The van der Waals surface area contributed by atoms with E-state index < -0.39 is 0 Å². The number of para-hydroxylation sites is 2. The Labute approximate surface area is 211 Å². The van der Waals surface area contributed by atoms with Crippen LogP contribution in [0, 0.1) is 6.92 Å². The van der Waals surface area contributed by atoms with Crippen LogP contribution in [-0.2, 0) is 0 Å². The van der Waals surface area contributed by atoms with Crippen molar-refractivity contribution in [2.75, 3.05) is 0 Å². The SMILES string of the molecule is Cc1cccc(Oc2ccccc2)c1Pc1ccccc1N=Cc1c(C(C)C)cccc1C(C)C. The summed E-state index contributed by atoms with van der Waals surface area (Å²) in [7, 11) is 0.439. The molecule has 1 unspecified atom stereocenters. The predicted molar refractivity (Wildman–Crippen MR) is 154 cm³/mol. The highest BCUT2D eigenvalue weighted by Gasteiger charge is 2.14. The first-order valence-electron chi connectivity index (χ1n) is 12.3. The second-order valence-electron chi connectivity index (χ2n) is 9.42. The lowest BCUT2D eigenvalue weighted by Gasteiger charge is -2.17. The molecule has 0 spiro atoms. The minimum absolute atomic E-state index is 0.439. The molecule has 178 valence electrons. The maximum Gasteiger partial charge on any atom is 0.135 e. The summed E-state index contributed by atoms with van der Waals surface area (Å²) >= 11 is 0. The van der Waals surface area contributed by atoms with E-state index in [-0.39, 0.29) is 0 Å². The van der Waals surface area contributed by atoms with Gasteiger partial charge < -0.3 is 4.74 Å². The van der Waals surface area contributed by atoms with E-state index in [1.165, 1.54) is 32.9 Å². The lowest BCUT2D eigenvalue weighted by molar-refractivity contribution is 0.486. The Hall–Kier alpha value is -3.22. The van der Waals surface area contributed by atoms with Crippen LogP contribution in [0.25, 0.3) is 0 Å². The first kappa shape index (κ1) is 24.9.